The van der Waals surface area contributed by atoms with Crippen LogP contribution in [0.15, 0.2) is 66.9 Å². The van der Waals surface area contributed by atoms with Crippen LogP contribution in [0.1, 0.15) is 49.0 Å². The van der Waals surface area contributed by atoms with Gasteiger partial charge in [-0.1, -0.05) is 43.7 Å². The number of hydrogen-bond acceptors (Lipinski definition) is 4. The minimum Gasteiger partial charge on any atom is -0.486 e. The van der Waals surface area contributed by atoms with Gasteiger partial charge in [-0.25, -0.2) is 4.68 Å². The van der Waals surface area contributed by atoms with E-state index in [1.165, 1.54) is 0 Å². The van der Waals surface area contributed by atoms with Gasteiger partial charge < -0.3 is 15.2 Å². The van der Waals surface area contributed by atoms with Crippen LogP contribution < -0.4 is 10.1 Å². The van der Waals surface area contributed by atoms with Crippen molar-refractivity contribution in [3.05, 3.63) is 83.6 Å². The standard InChI is InChI=1S/C28H31N3O3/c1-4-7-26(21-10-12-23(13-11-21)29-15-14-27(32)33)34-24-16-19(2)28(20(3)17-24)31-18-22-8-5-6-9-25(22)30-31/h5-6,8-13,16-18,26,29H,4,7,14-15H2,1-3H3,(H,32,33). The van der Waals surface area contributed by atoms with Crippen molar-refractivity contribution in [3.63, 3.8) is 0 Å². The predicted octanol–water partition coefficient (Wildman–Crippen LogP) is 6.45. The number of carbonyl (C=O) groups is 1. The molecular formula is C28H31N3O3. The molecule has 1 unspecified atom stereocenters. The second kappa shape index (κ2) is 10.4. The van der Waals surface area contributed by atoms with Crippen LogP contribution in [-0.2, 0) is 4.79 Å². The first-order valence-electron chi connectivity index (χ1n) is 11.7. The van der Waals surface area contributed by atoms with Gasteiger partial charge >= 0.3 is 5.97 Å². The van der Waals surface area contributed by atoms with Crippen molar-refractivity contribution in [1.82, 2.24) is 9.78 Å². The summed E-state index contributed by atoms with van der Waals surface area (Å²) in [5.74, 6) is 0.0375. The number of carboxylic acids is 1. The smallest absolute Gasteiger partial charge is 0.305 e. The Balaban J connectivity index is 1.53. The third kappa shape index (κ3) is 5.39. The van der Waals surface area contributed by atoms with Crippen molar-refractivity contribution in [2.45, 2.75) is 46.1 Å². The first kappa shape index (κ1) is 23.4. The molecule has 4 aromatic rings. The summed E-state index contributed by atoms with van der Waals surface area (Å²) >= 11 is 0. The number of rotatable bonds is 10. The van der Waals surface area contributed by atoms with Crippen molar-refractivity contribution in [2.75, 3.05) is 11.9 Å². The number of nitrogens with one attached hydrogen (secondary N) is 1. The van der Waals surface area contributed by atoms with Crippen molar-refractivity contribution >= 4 is 22.6 Å². The maximum Gasteiger partial charge on any atom is 0.305 e. The first-order valence-corrected chi connectivity index (χ1v) is 11.7. The molecule has 0 aliphatic rings. The fourth-order valence-corrected chi connectivity index (χ4v) is 4.27. The Labute approximate surface area is 200 Å². The van der Waals surface area contributed by atoms with E-state index in [1.807, 2.05) is 47.1 Å². The van der Waals surface area contributed by atoms with Gasteiger partial charge in [-0.15, -0.1) is 0 Å². The lowest BCUT2D eigenvalue weighted by molar-refractivity contribution is -0.136. The molecular weight excluding hydrogens is 426 g/mol. The molecule has 0 aliphatic carbocycles. The van der Waals surface area contributed by atoms with Gasteiger partial charge in [0.1, 0.15) is 11.9 Å². The topological polar surface area (TPSA) is 76.4 Å². The summed E-state index contributed by atoms with van der Waals surface area (Å²) in [5.41, 5.74) is 6.27. The van der Waals surface area contributed by atoms with Crippen molar-refractivity contribution < 1.29 is 14.6 Å². The second-order valence-corrected chi connectivity index (χ2v) is 8.63. The predicted molar refractivity (Wildman–Crippen MR) is 136 cm³/mol. The van der Waals surface area contributed by atoms with Gasteiger partial charge in [0.05, 0.1) is 17.6 Å². The fraction of sp³-hybridized carbons (Fsp3) is 0.286. The van der Waals surface area contributed by atoms with E-state index in [9.17, 15) is 4.79 Å². The van der Waals surface area contributed by atoms with E-state index in [0.717, 1.165) is 57.6 Å². The van der Waals surface area contributed by atoms with Gasteiger partial charge in [-0.2, -0.15) is 5.10 Å². The number of carboxylic acid groups (broad SMARTS) is 1. The monoisotopic (exact) mass is 457 g/mol. The highest BCUT2D eigenvalue weighted by atomic mass is 16.5. The molecule has 0 radical (unpaired) electrons. The Kier molecular flexibility index (Phi) is 7.16. The van der Waals surface area contributed by atoms with Gasteiger partial charge in [0.2, 0.25) is 0 Å². The highest BCUT2D eigenvalue weighted by molar-refractivity contribution is 5.78. The molecule has 3 aromatic carbocycles. The highest BCUT2D eigenvalue weighted by Crippen LogP contribution is 2.31. The molecule has 1 heterocycles. The van der Waals surface area contributed by atoms with Crippen molar-refractivity contribution in [3.8, 4) is 11.4 Å². The molecule has 1 atom stereocenters. The molecule has 34 heavy (non-hydrogen) atoms. The van der Waals surface area contributed by atoms with Crippen LogP contribution in [0.3, 0.4) is 0 Å². The molecule has 4 rings (SSSR count). The Bertz CT molecular complexity index is 1220. The summed E-state index contributed by atoms with van der Waals surface area (Å²) in [6.45, 7) is 6.74. The van der Waals surface area contributed by atoms with Gasteiger partial charge in [0.25, 0.3) is 0 Å². The maximum atomic E-state index is 10.7. The number of ether oxygens (including phenoxy) is 1. The quantitative estimate of drug-likeness (QED) is 0.286. The fourth-order valence-electron chi connectivity index (χ4n) is 4.27. The molecule has 0 amide bonds. The summed E-state index contributed by atoms with van der Waals surface area (Å²) < 4.78 is 8.43. The van der Waals surface area contributed by atoms with E-state index >= 15 is 0 Å². The van der Waals surface area contributed by atoms with Crippen LogP contribution in [0.5, 0.6) is 5.75 Å². The lowest BCUT2D eigenvalue weighted by Gasteiger charge is -2.21. The molecule has 6 nitrogen and oxygen atoms in total. The van der Waals surface area contributed by atoms with Gasteiger partial charge in [0, 0.05) is 23.8 Å². The van der Waals surface area contributed by atoms with E-state index in [4.69, 9.17) is 14.9 Å². The molecule has 0 bridgehead atoms. The largest absolute Gasteiger partial charge is 0.486 e. The van der Waals surface area contributed by atoms with Crippen LogP contribution in [0, 0.1) is 13.8 Å². The molecule has 0 saturated carbocycles. The zero-order valence-corrected chi connectivity index (χ0v) is 19.9. The molecule has 0 saturated heterocycles. The molecule has 0 aliphatic heterocycles. The van der Waals surface area contributed by atoms with Crippen LogP contribution in [0.25, 0.3) is 16.6 Å². The first-order chi connectivity index (χ1) is 16.4. The molecule has 176 valence electrons. The van der Waals surface area contributed by atoms with Crippen molar-refractivity contribution in [1.29, 1.82) is 0 Å². The van der Waals surface area contributed by atoms with E-state index < -0.39 is 5.97 Å². The number of aryl methyl sites for hydroxylation is 2. The summed E-state index contributed by atoms with van der Waals surface area (Å²) in [6.07, 6.45) is 3.99. The number of aromatic nitrogens is 2. The van der Waals surface area contributed by atoms with Gasteiger partial charge in [0.15, 0.2) is 0 Å². The third-order valence-corrected chi connectivity index (χ3v) is 5.89. The van der Waals surface area contributed by atoms with Gasteiger partial charge in [-0.3, -0.25) is 4.79 Å². The summed E-state index contributed by atoms with van der Waals surface area (Å²) in [5, 5.41) is 17.8. The van der Waals surface area contributed by atoms with Crippen LogP contribution in [-0.4, -0.2) is 27.4 Å². The lowest BCUT2D eigenvalue weighted by Crippen LogP contribution is -2.10. The Morgan fingerprint density at radius 3 is 2.44 bits per heavy atom. The van der Waals surface area contributed by atoms with E-state index in [1.54, 1.807) is 0 Å². The maximum absolute atomic E-state index is 10.7. The lowest BCUT2D eigenvalue weighted by atomic mass is 10.0. The summed E-state index contributed by atoms with van der Waals surface area (Å²) in [6, 6.07) is 20.3. The third-order valence-electron chi connectivity index (χ3n) is 5.89. The average Bonchev–Trinajstić information content (AvgIpc) is 3.22. The average molecular weight is 458 g/mol. The zero-order valence-electron chi connectivity index (χ0n) is 19.9. The second-order valence-electron chi connectivity index (χ2n) is 8.63. The summed E-state index contributed by atoms with van der Waals surface area (Å²) in [4.78, 5) is 10.7. The molecule has 0 spiro atoms. The molecule has 1 aromatic heterocycles. The van der Waals surface area contributed by atoms with Crippen molar-refractivity contribution in [2.24, 2.45) is 0 Å². The Hall–Kier alpha value is -3.80. The SMILES string of the molecule is CCCC(Oc1cc(C)c(-n2cc3ccccc3n2)c(C)c1)c1ccc(NCCC(=O)O)cc1. The van der Waals surface area contributed by atoms with E-state index in [2.05, 4.69) is 50.5 Å². The Morgan fingerprint density at radius 1 is 1.09 bits per heavy atom. The molecule has 2 N–H and O–H groups in total. The molecule has 6 heteroatoms. The number of aliphatic carboxylic acids is 1. The normalized spacial score (nSPS) is 12.0. The minimum absolute atomic E-state index is 0.0602. The minimum atomic E-state index is -0.807. The summed E-state index contributed by atoms with van der Waals surface area (Å²) in [7, 11) is 0. The number of nitrogens with zero attached hydrogens (tertiary/aromatic N) is 2. The zero-order chi connectivity index (χ0) is 24.1. The van der Waals surface area contributed by atoms with Crippen LogP contribution in [0.2, 0.25) is 0 Å². The Morgan fingerprint density at radius 2 is 1.79 bits per heavy atom. The van der Waals surface area contributed by atoms with Crippen LogP contribution >= 0.6 is 0 Å². The van der Waals surface area contributed by atoms with Gasteiger partial charge in [-0.05, 0) is 67.3 Å². The number of fused-ring (bicyclic) bond motifs is 1. The van der Waals surface area contributed by atoms with Crippen LogP contribution in [0.4, 0.5) is 5.69 Å². The number of hydrogen-bond donors (Lipinski definition) is 2. The van der Waals surface area contributed by atoms with E-state index in [-0.39, 0.29) is 12.5 Å². The number of benzene rings is 3. The molecule has 0 fully saturated rings. The number of anilines is 1. The van der Waals surface area contributed by atoms with E-state index in [0.29, 0.717) is 6.54 Å². The highest BCUT2D eigenvalue weighted by Gasteiger charge is 2.16.